The summed E-state index contributed by atoms with van der Waals surface area (Å²) >= 11 is 0. The number of hydrogen-bond acceptors (Lipinski definition) is 18. The molecule has 0 rings (SSSR count). The Bertz CT molecular complexity index is 628. The summed E-state index contributed by atoms with van der Waals surface area (Å²) in [5.41, 5.74) is 41.1. The molecule has 57 heavy (non-hydrogen) atoms. The number of nitrogens with two attached hydrogens (primary N) is 9. The molecule has 0 aliphatic rings. The Hall–Kier alpha value is -1.65. The van der Waals surface area contributed by atoms with E-state index in [4.69, 9.17) is 46.0 Å². The van der Waals surface area contributed by atoms with E-state index in [2.05, 4.69) is 51.6 Å². The average Bonchev–Trinajstić information content (AvgIpc) is 2.99. The van der Waals surface area contributed by atoms with E-state index >= 15 is 0 Å². The number of carboxylic acid groups (broad SMARTS) is 9. The van der Waals surface area contributed by atoms with E-state index in [0.717, 1.165) is 0 Å². The zero-order chi connectivity index (χ0) is 38.6. The molecule has 0 aliphatic carbocycles. The molecule has 0 fully saturated rings. The Kier molecular flexibility index (Phi) is 319. The molecule has 0 amide bonds. The van der Waals surface area contributed by atoms with Gasteiger partial charge < -0.3 is 97.6 Å². The number of hydrogen-bond donors (Lipinski definition) is 18. The Labute approximate surface area is 399 Å². The van der Waals surface area contributed by atoms with Crippen LogP contribution in [0, 0.1) is 0 Å². The van der Waals surface area contributed by atoms with Crippen molar-refractivity contribution in [1.29, 1.82) is 0 Å². The van der Waals surface area contributed by atoms with Crippen molar-refractivity contribution >= 4 is 203 Å². The number of aliphatic carboxylic acids is 9. The summed E-state index contributed by atoms with van der Waals surface area (Å²) in [6.07, 6.45) is 0. The molecule has 0 unspecified atom stereocenters. The van der Waals surface area contributed by atoms with E-state index in [1.54, 1.807) is 0 Å². The molecule has 0 radical (unpaired) electrons. The first-order valence-electron chi connectivity index (χ1n) is 10.7. The third kappa shape index (κ3) is 557. The lowest BCUT2D eigenvalue weighted by atomic mass is 10.7. The molecule has 0 aromatic carbocycles. The smallest absolute Gasteiger partial charge is 0.317 e. The van der Waals surface area contributed by atoms with E-state index in [-0.39, 0.29) is 208 Å². The van der Waals surface area contributed by atoms with Crippen LogP contribution in [-0.2, 0) is 43.2 Å². The van der Waals surface area contributed by atoms with Gasteiger partial charge in [0.15, 0.2) is 0 Å². The van der Waals surface area contributed by atoms with E-state index in [1.807, 2.05) is 0 Å². The van der Waals surface area contributed by atoms with Crippen LogP contribution >= 0.6 is 149 Å². The fourth-order valence-electron chi connectivity index (χ4n) is 0. The molecule has 0 bridgehead atoms. The van der Waals surface area contributed by atoms with Crippen LogP contribution < -0.4 is 51.6 Å². The van der Waals surface area contributed by atoms with Gasteiger partial charge in [0.25, 0.3) is 0 Å². The van der Waals surface area contributed by atoms with Gasteiger partial charge in [-0.2, -0.15) is 0 Å². The number of halogens is 12. The van der Waals surface area contributed by atoms with Gasteiger partial charge in [0.2, 0.25) is 0 Å². The summed E-state index contributed by atoms with van der Waals surface area (Å²) in [4.78, 5) is 83.2. The summed E-state index contributed by atoms with van der Waals surface area (Å²) in [5, 5.41) is 68.4. The number of rotatable bonds is 9. The zero-order valence-electron chi connectivity index (χ0n) is 28.7. The third-order valence-corrected chi connectivity index (χ3v) is 1.57. The van der Waals surface area contributed by atoms with Crippen LogP contribution in [0.15, 0.2) is 0 Å². The first kappa shape index (κ1) is 139. The normalized spacial score (nSPS) is 5.84. The van der Waals surface area contributed by atoms with E-state index in [1.165, 1.54) is 0 Å². The van der Waals surface area contributed by atoms with E-state index in [0.29, 0.717) is 0 Å². The van der Waals surface area contributed by atoms with Gasteiger partial charge in [-0.15, -0.1) is 149 Å². The average molecular weight is 1110 g/mol. The van der Waals surface area contributed by atoms with Crippen molar-refractivity contribution < 1.29 is 89.1 Å². The summed E-state index contributed by atoms with van der Waals surface area (Å²) < 4.78 is 0. The van der Waals surface area contributed by atoms with Crippen LogP contribution in [0.1, 0.15) is 0 Å². The van der Waals surface area contributed by atoms with Crippen molar-refractivity contribution in [3.8, 4) is 0 Å². The van der Waals surface area contributed by atoms with Crippen molar-refractivity contribution in [3.63, 3.8) is 0 Å². The van der Waals surface area contributed by atoms with Crippen LogP contribution in [0.5, 0.6) is 0 Å². The molecule has 27 N–H and O–H groups in total. The number of carbonyl (C=O) groups is 9. The molecule has 27 nitrogen and oxygen atoms in total. The summed E-state index contributed by atoms with van der Waals surface area (Å²) in [6, 6.07) is 0. The fourth-order valence-corrected chi connectivity index (χ4v) is 0. The molecule has 0 aromatic rings. The largest absolute Gasteiger partial charge is 0.480 e. The maximum absolute atomic E-state index is 9.24. The Balaban J connectivity index is -0.0000000131. The molecule has 39 heteroatoms. The van der Waals surface area contributed by atoms with E-state index in [9.17, 15) is 43.2 Å². The molecule has 0 saturated carbocycles. The van der Waals surface area contributed by atoms with Crippen LogP contribution in [-0.4, -0.2) is 159 Å². The SMILES string of the molecule is Cl.Cl.Cl.Cl.Cl.Cl.Cl.Cl.Cl.Cl.Cl.Cl.NCC(=O)O.NCC(=O)O.NCC(=O)O.NCC(=O)O.NCC(=O)O.NCC(=O)O.NCC(=O)O.NCC(=O)O.NCC(=O)O. The zero-order valence-corrected chi connectivity index (χ0v) is 38.5. The standard InChI is InChI=1S/9C2H5NO2.12ClH/c9*3-1-2(4)5;;;;;;;;;;;;/h9*1,3H2,(H,4,5);12*1H. The second kappa shape index (κ2) is 131. The molecular formula is C18H57Cl12N9O18. The van der Waals surface area contributed by atoms with Crippen LogP contribution in [0.3, 0.4) is 0 Å². The Morgan fingerprint density at radius 3 is 0.211 bits per heavy atom. The molecule has 366 valence electrons. The summed E-state index contributed by atoms with van der Waals surface area (Å²) in [7, 11) is 0. The van der Waals surface area contributed by atoms with Crippen LogP contribution in [0.2, 0.25) is 0 Å². The Morgan fingerprint density at radius 2 is 0.211 bits per heavy atom. The lowest BCUT2D eigenvalue weighted by molar-refractivity contribution is -0.136. The lowest BCUT2D eigenvalue weighted by Crippen LogP contribution is -2.10. The highest BCUT2D eigenvalue weighted by atomic mass is 35.5. The maximum atomic E-state index is 9.24. The topological polar surface area (TPSA) is 570 Å². The first-order chi connectivity index (χ1) is 20.4. The first-order valence-corrected chi connectivity index (χ1v) is 10.7. The molecule has 0 spiro atoms. The van der Waals surface area contributed by atoms with Crippen LogP contribution in [0.25, 0.3) is 0 Å². The second-order valence-electron chi connectivity index (χ2n) is 5.38. The Morgan fingerprint density at radius 1 is 0.193 bits per heavy atom. The van der Waals surface area contributed by atoms with Crippen LogP contribution in [0.4, 0.5) is 0 Å². The highest BCUT2D eigenvalue weighted by Gasteiger charge is 1.84. The molecule has 0 saturated heterocycles. The lowest BCUT2D eigenvalue weighted by Gasteiger charge is -1.73. The van der Waals surface area contributed by atoms with Gasteiger partial charge in [-0.25, -0.2) is 0 Å². The van der Waals surface area contributed by atoms with Crippen molar-refractivity contribution in [1.82, 2.24) is 0 Å². The van der Waals surface area contributed by atoms with Gasteiger partial charge in [-0.1, -0.05) is 0 Å². The minimum atomic E-state index is -0.968. The molecular weight excluding hydrogens is 1060 g/mol. The van der Waals surface area contributed by atoms with E-state index < -0.39 is 53.7 Å². The minimum absolute atomic E-state index is 0. The van der Waals surface area contributed by atoms with Crippen molar-refractivity contribution in [2.45, 2.75) is 0 Å². The molecule has 0 heterocycles. The fraction of sp³-hybridized carbons (Fsp3) is 0.500. The quantitative estimate of drug-likeness (QED) is 0.106. The van der Waals surface area contributed by atoms with Gasteiger partial charge >= 0.3 is 53.7 Å². The number of carboxylic acids is 9. The molecule has 0 aromatic heterocycles. The van der Waals surface area contributed by atoms with Crippen molar-refractivity contribution in [2.24, 2.45) is 51.6 Å². The second-order valence-corrected chi connectivity index (χ2v) is 5.38. The van der Waals surface area contributed by atoms with Crippen molar-refractivity contribution in [2.75, 3.05) is 58.9 Å². The molecule has 0 aliphatic heterocycles. The highest BCUT2D eigenvalue weighted by molar-refractivity contribution is 5.87. The summed E-state index contributed by atoms with van der Waals surface area (Å²) in [5.74, 6) is -8.71. The third-order valence-electron chi connectivity index (χ3n) is 1.57. The molecule has 0 atom stereocenters. The highest BCUT2D eigenvalue weighted by Crippen LogP contribution is 1.47. The van der Waals surface area contributed by atoms with Gasteiger partial charge in [-0.05, 0) is 0 Å². The monoisotopic (exact) mass is 1110 g/mol. The minimum Gasteiger partial charge on any atom is -0.480 e. The van der Waals surface area contributed by atoms with Gasteiger partial charge in [0.1, 0.15) is 0 Å². The summed E-state index contributed by atoms with van der Waals surface area (Å²) in [6.45, 7) is -2.50. The maximum Gasteiger partial charge on any atom is 0.317 e. The van der Waals surface area contributed by atoms with Crippen molar-refractivity contribution in [3.05, 3.63) is 0 Å². The van der Waals surface area contributed by atoms with Gasteiger partial charge in [0, 0.05) is 0 Å². The van der Waals surface area contributed by atoms with Gasteiger partial charge in [-0.3, -0.25) is 43.2 Å². The predicted octanol–water partition coefficient (Wildman–Crippen LogP) is -3.67. The predicted molar refractivity (Wildman–Crippen MR) is 237 cm³/mol. The van der Waals surface area contributed by atoms with Gasteiger partial charge in [0.05, 0.1) is 58.9 Å².